The first-order valence-corrected chi connectivity index (χ1v) is 11.0. The van der Waals surface area contributed by atoms with Gasteiger partial charge in [0, 0.05) is 6.04 Å². The van der Waals surface area contributed by atoms with Gasteiger partial charge in [0.1, 0.15) is 0 Å². The van der Waals surface area contributed by atoms with E-state index in [4.69, 9.17) is 5.73 Å². The van der Waals surface area contributed by atoms with Crippen molar-refractivity contribution >= 4 is 32.3 Å². The van der Waals surface area contributed by atoms with Crippen LogP contribution in [0.2, 0.25) is 0 Å². The highest BCUT2D eigenvalue weighted by atomic mass is 35.5. The molecule has 2 atom stereocenters. The quantitative estimate of drug-likeness (QED) is 0.761. The lowest BCUT2D eigenvalue weighted by Gasteiger charge is -2.31. The second kappa shape index (κ2) is 8.62. The zero-order chi connectivity index (χ0) is 17.1. The van der Waals surface area contributed by atoms with Gasteiger partial charge in [-0.1, -0.05) is 25.8 Å². The normalized spacial score (nSPS) is 21.9. The number of nitrogens with two attached hydrogens (primary N) is 1. The number of sulfone groups is 1. The molecular weight excluding hydrogens is 372 g/mol. The fraction of sp³-hybridized carbons (Fsp3) is 0.600. The first-order valence-electron chi connectivity index (χ1n) is 7.85. The van der Waals surface area contributed by atoms with Gasteiger partial charge in [0.05, 0.1) is 15.5 Å². The molecule has 3 N–H and O–H groups in total. The predicted molar refractivity (Wildman–Crippen MR) is 96.5 cm³/mol. The Bertz CT molecular complexity index is 750. The van der Waals surface area contributed by atoms with Crippen molar-refractivity contribution in [3.05, 3.63) is 24.3 Å². The second-order valence-electron chi connectivity index (χ2n) is 5.89. The summed E-state index contributed by atoms with van der Waals surface area (Å²) in [7, 11) is -7.21. The lowest BCUT2D eigenvalue weighted by Crippen LogP contribution is -2.44. The molecule has 0 heterocycles. The van der Waals surface area contributed by atoms with Gasteiger partial charge in [-0.2, -0.15) is 0 Å². The number of hydrogen-bond acceptors (Lipinski definition) is 5. The minimum absolute atomic E-state index is 0. The van der Waals surface area contributed by atoms with Gasteiger partial charge in [-0.15, -0.1) is 12.4 Å². The standard InChI is InChI=1S/C15H24N2O4S2.ClH/c1-2-22(18,19)13-7-5-8-14(10-13)23(20,21)17-15-9-4-3-6-12(15)11-16;/h5,7-8,10,12,15,17H,2-4,6,9,11,16H2,1H3;1H. The van der Waals surface area contributed by atoms with Crippen molar-refractivity contribution in [3.8, 4) is 0 Å². The molecule has 2 unspecified atom stereocenters. The maximum atomic E-state index is 12.6. The third-order valence-electron chi connectivity index (χ3n) is 4.37. The summed E-state index contributed by atoms with van der Waals surface area (Å²) in [6, 6.07) is 5.32. The maximum Gasteiger partial charge on any atom is 0.240 e. The lowest BCUT2D eigenvalue weighted by molar-refractivity contribution is 0.296. The molecule has 0 saturated heterocycles. The summed E-state index contributed by atoms with van der Waals surface area (Å²) in [5.74, 6) is 0.0583. The molecule has 0 aromatic heterocycles. The van der Waals surface area contributed by atoms with Crippen LogP contribution in [0, 0.1) is 5.92 Å². The van der Waals surface area contributed by atoms with E-state index in [2.05, 4.69) is 4.72 Å². The van der Waals surface area contributed by atoms with Crippen molar-refractivity contribution in [1.82, 2.24) is 4.72 Å². The third-order valence-corrected chi connectivity index (χ3v) is 7.59. The number of halogens is 1. The average Bonchev–Trinajstić information content (AvgIpc) is 2.55. The van der Waals surface area contributed by atoms with E-state index in [9.17, 15) is 16.8 Å². The van der Waals surface area contributed by atoms with E-state index in [1.54, 1.807) is 0 Å². The molecule has 1 fully saturated rings. The molecule has 138 valence electrons. The zero-order valence-electron chi connectivity index (χ0n) is 13.6. The number of sulfonamides is 1. The molecule has 0 aliphatic heterocycles. The van der Waals surface area contributed by atoms with Crippen molar-refractivity contribution in [2.75, 3.05) is 12.3 Å². The third kappa shape index (κ3) is 4.92. The van der Waals surface area contributed by atoms with Crippen molar-refractivity contribution in [2.24, 2.45) is 11.7 Å². The van der Waals surface area contributed by atoms with Crippen LogP contribution in [0.4, 0.5) is 0 Å². The average molecular weight is 397 g/mol. The molecule has 0 amide bonds. The molecule has 24 heavy (non-hydrogen) atoms. The fourth-order valence-electron chi connectivity index (χ4n) is 2.91. The molecule has 6 nitrogen and oxygen atoms in total. The van der Waals surface area contributed by atoms with E-state index in [0.29, 0.717) is 6.54 Å². The van der Waals surface area contributed by atoms with Crippen molar-refractivity contribution < 1.29 is 16.8 Å². The van der Waals surface area contributed by atoms with Gasteiger partial charge in [0.25, 0.3) is 0 Å². The summed E-state index contributed by atoms with van der Waals surface area (Å²) in [4.78, 5) is 0.00950. The molecule has 1 aliphatic rings. The van der Waals surface area contributed by atoms with Crippen molar-refractivity contribution in [3.63, 3.8) is 0 Å². The van der Waals surface area contributed by atoms with Crippen LogP contribution in [0.5, 0.6) is 0 Å². The Kier molecular flexibility index (Phi) is 7.68. The Morgan fingerprint density at radius 2 is 1.75 bits per heavy atom. The van der Waals surface area contributed by atoms with Crippen LogP contribution >= 0.6 is 12.4 Å². The summed E-state index contributed by atoms with van der Waals surface area (Å²) in [6.07, 6.45) is 3.69. The Morgan fingerprint density at radius 3 is 2.38 bits per heavy atom. The first-order chi connectivity index (χ1) is 10.8. The summed E-state index contributed by atoms with van der Waals surface area (Å²) < 4.78 is 51.7. The first kappa shape index (κ1) is 21.4. The molecule has 1 aromatic carbocycles. The predicted octanol–water partition coefficient (Wildman–Crippen LogP) is 1.70. The summed E-state index contributed by atoms with van der Waals surface area (Å²) in [6.45, 7) is 1.97. The van der Waals surface area contributed by atoms with E-state index in [0.717, 1.165) is 25.7 Å². The van der Waals surface area contributed by atoms with Gasteiger partial charge in [-0.25, -0.2) is 21.6 Å². The van der Waals surface area contributed by atoms with Crippen LogP contribution in [-0.2, 0) is 19.9 Å². The summed E-state index contributed by atoms with van der Waals surface area (Å²) in [5.41, 5.74) is 5.74. The van der Waals surface area contributed by atoms with Crippen LogP contribution in [0.1, 0.15) is 32.6 Å². The maximum absolute atomic E-state index is 12.6. The van der Waals surface area contributed by atoms with E-state index in [1.807, 2.05) is 0 Å². The number of nitrogens with one attached hydrogen (secondary N) is 1. The van der Waals surface area contributed by atoms with E-state index >= 15 is 0 Å². The molecule has 1 aliphatic carbocycles. The van der Waals surface area contributed by atoms with Gasteiger partial charge >= 0.3 is 0 Å². The summed E-state index contributed by atoms with van der Waals surface area (Å²) >= 11 is 0. The van der Waals surface area contributed by atoms with E-state index in [-0.39, 0.29) is 39.9 Å². The monoisotopic (exact) mass is 396 g/mol. The molecule has 1 saturated carbocycles. The van der Waals surface area contributed by atoms with Crippen LogP contribution in [0.25, 0.3) is 0 Å². The Hall–Kier alpha value is -0.670. The summed E-state index contributed by atoms with van der Waals surface area (Å²) in [5, 5.41) is 0. The van der Waals surface area contributed by atoms with Gasteiger partial charge in [0.2, 0.25) is 10.0 Å². The Balaban J connectivity index is 0.00000288. The highest BCUT2D eigenvalue weighted by Gasteiger charge is 2.29. The molecule has 1 aromatic rings. The fourth-order valence-corrected chi connectivity index (χ4v) is 5.30. The smallest absolute Gasteiger partial charge is 0.240 e. The van der Waals surface area contributed by atoms with Crippen LogP contribution < -0.4 is 10.5 Å². The highest BCUT2D eigenvalue weighted by molar-refractivity contribution is 7.91. The van der Waals surface area contributed by atoms with E-state index < -0.39 is 19.9 Å². The SMILES string of the molecule is CCS(=O)(=O)c1cccc(S(=O)(=O)NC2CCCCC2CN)c1.Cl. The Morgan fingerprint density at radius 1 is 1.12 bits per heavy atom. The topological polar surface area (TPSA) is 106 Å². The van der Waals surface area contributed by atoms with Crippen LogP contribution in [0.15, 0.2) is 34.1 Å². The molecule has 0 radical (unpaired) electrons. The highest BCUT2D eigenvalue weighted by Crippen LogP contribution is 2.25. The Labute approximate surface area is 150 Å². The zero-order valence-corrected chi connectivity index (χ0v) is 16.1. The molecule has 0 bridgehead atoms. The number of rotatable bonds is 6. The van der Waals surface area contributed by atoms with Crippen molar-refractivity contribution in [2.45, 2.75) is 48.4 Å². The van der Waals surface area contributed by atoms with Gasteiger partial charge < -0.3 is 5.73 Å². The largest absolute Gasteiger partial charge is 0.330 e. The minimum Gasteiger partial charge on any atom is -0.330 e. The van der Waals surface area contributed by atoms with Gasteiger partial charge in [0.15, 0.2) is 9.84 Å². The minimum atomic E-state index is -3.76. The van der Waals surface area contributed by atoms with Crippen LogP contribution in [0.3, 0.4) is 0 Å². The number of benzene rings is 1. The molecule has 9 heteroatoms. The second-order valence-corrected chi connectivity index (χ2v) is 9.88. The lowest BCUT2D eigenvalue weighted by atomic mass is 9.85. The van der Waals surface area contributed by atoms with Crippen LogP contribution in [-0.4, -0.2) is 35.2 Å². The van der Waals surface area contributed by atoms with Gasteiger partial charge in [-0.3, -0.25) is 0 Å². The number of hydrogen-bond donors (Lipinski definition) is 2. The molecule has 2 rings (SSSR count). The van der Waals surface area contributed by atoms with Gasteiger partial charge in [-0.05, 0) is 43.5 Å². The van der Waals surface area contributed by atoms with E-state index in [1.165, 1.54) is 31.2 Å². The molecule has 0 spiro atoms. The van der Waals surface area contributed by atoms with Crippen molar-refractivity contribution in [1.29, 1.82) is 0 Å². The molecular formula is C15H25ClN2O4S2.